The minimum absolute atomic E-state index is 0.0754. The minimum atomic E-state index is -0.827. The predicted octanol–water partition coefficient (Wildman–Crippen LogP) is 4.36. The van der Waals surface area contributed by atoms with Crippen molar-refractivity contribution in [1.82, 2.24) is 35.5 Å². The smallest absolute Gasteiger partial charge is 0.324 e. The lowest BCUT2D eigenvalue weighted by molar-refractivity contribution is -0.153. The van der Waals surface area contributed by atoms with Crippen molar-refractivity contribution in [3.63, 3.8) is 0 Å². The van der Waals surface area contributed by atoms with E-state index >= 15 is 0 Å². The number of halogens is 1. The van der Waals surface area contributed by atoms with Crippen molar-refractivity contribution >= 4 is 23.5 Å². The first-order chi connectivity index (χ1) is 19.9. The zero-order valence-corrected chi connectivity index (χ0v) is 24.1. The third kappa shape index (κ3) is 7.56. The Bertz CT molecular complexity index is 1440. The summed E-state index contributed by atoms with van der Waals surface area (Å²) in [6.45, 7) is 4.49. The third-order valence-corrected chi connectivity index (χ3v) is 6.94. The van der Waals surface area contributed by atoms with Crippen LogP contribution in [0.1, 0.15) is 50.2 Å². The van der Waals surface area contributed by atoms with Crippen molar-refractivity contribution in [3.8, 4) is 22.5 Å². The Morgan fingerprint density at radius 1 is 1.07 bits per heavy atom. The molecule has 4 rings (SSSR count). The van der Waals surface area contributed by atoms with E-state index in [1.807, 2.05) is 53.1 Å². The molecule has 0 aliphatic carbocycles. The molecule has 0 radical (unpaired) electrons. The van der Waals surface area contributed by atoms with Crippen molar-refractivity contribution in [2.24, 2.45) is 0 Å². The van der Waals surface area contributed by atoms with E-state index in [1.165, 1.54) is 0 Å². The summed E-state index contributed by atoms with van der Waals surface area (Å²) in [5.74, 6) is 0.313. The van der Waals surface area contributed by atoms with Gasteiger partial charge in [-0.3, -0.25) is 9.59 Å². The molecule has 0 aliphatic rings. The second kappa shape index (κ2) is 14.5. The number of hydrogen-bond donors (Lipinski definition) is 2. The fourth-order valence-corrected chi connectivity index (χ4v) is 4.72. The predicted molar refractivity (Wildman–Crippen MR) is 154 cm³/mol. The largest absolute Gasteiger partial charge is 0.466 e. The van der Waals surface area contributed by atoms with Crippen LogP contribution in [0, 0.1) is 0 Å². The van der Waals surface area contributed by atoms with Crippen molar-refractivity contribution in [2.75, 3.05) is 13.7 Å². The molecule has 2 aromatic carbocycles. The van der Waals surface area contributed by atoms with Gasteiger partial charge >= 0.3 is 11.9 Å². The van der Waals surface area contributed by atoms with Gasteiger partial charge in [0.2, 0.25) is 5.82 Å². The van der Waals surface area contributed by atoms with Gasteiger partial charge in [-0.2, -0.15) is 5.21 Å². The van der Waals surface area contributed by atoms with Crippen LogP contribution in [0.3, 0.4) is 0 Å². The van der Waals surface area contributed by atoms with Crippen LogP contribution in [0.2, 0.25) is 5.15 Å². The van der Waals surface area contributed by atoms with E-state index < -0.39 is 18.0 Å². The number of aromatic nitrogens is 6. The first-order valence-electron chi connectivity index (χ1n) is 13.6. The monoisotopic (exact) mass is 579 g/mol. The second-order valence-electron chi connectivity index (χ2n) is 9.39. The molecule has 216 valence electrons. The lowest BCUT2D eigenvalue weighted by atomic mass is 9.98. The molecule has 0 saturated heterocycles. The summed E-state index contributed by atoms with van der Waals surface area (Å²) in [5.41, 5.74) is 4.51. The molecular formula is C29H34ClN7O4. The number of rotatable bonds is 14. The third-order valence-electron chi connectivity index (χ3n) is 6.64. The second-order valence-corrected chi connectivity index (χ2v) is 9.75. The number of nitrogens with zero attached hydrogens (tertiary/aromatic N) is 5. The summed E-state index contributed by atoms with van der Waals surface area (Å²) in [7, 11) is 1.59. The van der Waals surface area contributed by atoms with Crippen molar-refractivity contribution in [3.05, 3.63) is 70.8 Å². The standard InChI is InChI=1S/C29H34ClN7O4/c1-4-6-11-25-32-27(30)24(18-41-29(39)23(31-3)16-26(38)40-5-2)37(25)17-19-12-14-20(15-13-19)21-9-7-8-10-22(21)28-33-35-36-34-28/h7-10,12-15,23,31H,4-6,11,16-18H2,1-3H3,(H,33,34,35,36)/t23-/m1/s1. The van der Waals surface area contributed by atoms with Crippen LogP contribution in [0.5, 0.6) is 0 Å². The molecular weight excluding hydrogens is 546 g/mol. The first kappa shape index (κ1) is 29.9. The Hall–Kier alpha value is -4.09. The molecule has 2 N–H and O–H groups in total. The molecule has 0 amide bonds. The van der Waals surface area contributed by atoms with Crippen LogP contribution < -0.4 is 5.32 Å². The summed E-state index contributed by atoms with van der Waals surface area (Å²) < 4.78 is 12.6. The van der Waals surface area contributed by atoms with Crippen molar-refractivity contribution < 1.29 is 19.1 Å². The molecule has 2 heterocycles. The lowest BCUT2D eigenvalue weighted by Crippen LogP contribution is -2.38. The number of nitrogens with one attached hydrogen (secondary N) is 2. The number of hydrogen-bond acceptors (Lipinski definition) is 9. The van der Waals surface area contributed by atoms with Crippen LogP contribution in [0.15, 0.2) is 48.5 Å². The average Bonchev–Trinajstić information content (AvgIpc) is 3.62. The van der Waals surface area contributed by atoms with Gasteiger partial charge in [-0.25, -0.2) is 4.98 Å². The molecule has 0 spiro atoms. The number of tetrazole rings is 1. The molecule has 12 heteroatoms. The maximum absolute atomic E-state index is 12.8. The molecule has 0 aliphatic heterocycles. The molecule has 1 atom stereocenters. The fraction of sp³-hybridized carbons (Fsp3) is 0.379. The van der Waals surface area contributed by atoms with Gasteiger partial charge in [-0.05, 0) is 42.3 Å². The number of imidazole rings is 1. The molecule has 4 aromatic rings. The zero-order valence-electron chi connectivity index (χ0n) is 23.4. The summed E-state index contributed by atoms with van der Waals surface area (Å²) in [4.78, 5) is 29.2. The maximum atomic E-state index is 12.8. The number of likely N-dealkylation sites (N-methyl/N-ethyl adjacent to an activating group) is 1. The summed E-state index contributed by atoms with van der Waals surface area (Å²) in [6, 6.07) is 15.3. The Morgan fingerprint density at radius 2 is 1.83 bits per heavy atom. The van der Waals surface area contributed by atoms with E-state index in [2.05, 4.69) is 37.8 Å². The van der Waals surface area contributed by atoms with Gasteiger partial charge in [-0.1, -0.05) is 73.5 Å². The number of esters is 2. The van der Waals surface area contributed by atoms with Crippen LogP contribution in [0.4, 0.5) is 0 Å². The van der Waals surface area contributed by atoms with Gasteiger partial charge in [0.25, 0.3) is 0 Å². The van der Waals surface area contributed by atoms with Crippen LogP contribution in [-0.4, -0.2) is 61.8 Å². The van der Waals surface area contributed by atoms with Gasteiger partial charge in [0.1, 0.15) is 18.5 Å². The average molecular weight is 580 g/mol. The van der Waals surface area contributed by atoms with E-state index in [0.29, 0.717) is 23.2 Å². The number of aryl methyl sites for hydroxylation is 1. The summed E-state index contributed by atoms with van der Waals surface area (Å²) in [5, 5.41) is 17.6. The minimum Gasteiger partial charge on any atom is -0.466 e. The molecule has 2 aromatic heterocycles. The van der Waals surface area contributed by atoms with Crippen LogP contribution in [-0.2, 0) is 38.6 Å². The number of unbranched alkanes of at least 4 members (excludes halogenated alkanes) is 1. The molecule has 0 unspecified atom stereocenters. The number of ether oxygens (including phenoxy) is 2. The molecule has 11 nitrogen and oxygen atoms in total. The number of carbonyl (C=O) groups is 2. The van der Waals surface area contributed by atoms with Gasteiger partial charge in [0, 0.05) is 18.5 Å². The number of carbonyl (C=O) groups excluding carboxylic acids is 2. The Balaban J connectivity index is 1.54. The first-order valence-corrected chi connectivity index (χ1v) is 14.0. The van der Waals surface area contributed by atoms with Gasteiger partial charge in [0.05, 0.1) is 18.7 Å². The summed E-state index contributed by atoms with van der Waals surface area (Å²) in [6.07, 6.45) is 2.56. The lowest BCUT2D eigenvalue weighted by Gasteiger charge is -2.16. The highest BCUT2D eigenvalue weighted by Gasteiger charge is 2.24. The van der Waals surface area contributed by atoms with Crippen LogP contribution >= 0.6 is 11.6 Å². The Labute approximate surface area is 243 Å². The van der Waals surface area contributed by atoms with Crippen molar-refractivity contribution in [1.29, 1.82) is 0 Å². The maximum Gasteiger partial charge on any atom is 0.324 e. The van der Waals surface area contributed by atoms with E-state index in [1.54, 1.807) is 14.0 Å². The zero-order chi connectivity index (χ0) is 29.2. The van der Waals surface area contributed by atoms with E-state index in [0.717, 1.165) is 47.3 Å². The molecule has 41 heavy (non-hydrogen) atoms. The highest BCUT2D eigenvalue weighted by Crippen LogP contribution is 2.30. The highest BCUT2D eigenvalue weighted by atomic mass is 35.5. The Kier molecular flexibility index (Phi) is 10.6. The van der Waals surface area contributed by atoms with Crippen LogP contribution in [0.25, 0.3) is 22.5 Å². The van der Waals surface area contributed by atoms with E-state index in [9.17, 15) is 9.59 Å². The van der Waals surface area contributed by atoms with E-state index in [-0.39, 0.29) is 19.6 Å². The van der Waals surface area contributed by atoms with Gasteiger partial charge < -0.3 is 19.4 Å². The SMILES string of the molecule is CCCCc1nc(Cl)c(COC(=O)[C@@H](CC(=O)OCC)NC)n1Cc1ccc(-c2ccccc2-c2nn[nH]n2)cc1. The Morgan fingerprint density at radius 3 is 2.49 bits per heavy atom. The molecule has 0 saturated carbocycles. The highest BCUT2D eigenvalue weighted by molar-refractivity contribution is 6.30. The number of H-pyrrole nitrogens is 1. The number of benzene rings is 2. The summed E-state index contributed by atoms with van der Waals surface area (Å²) >= 11 is 6.56. The van der Waals surface area contributed by atoms with E-state index in [4.69, 9.17) is 21.1 Å². The molecule has 0 fully saturated rings. The van der Waals surface area contributed by atoms with Gasteiger partial charge in [-0.15, -0.1) is 10.2 Å². The normalized spacial score (nSPS) is 11.8. The fourth-order valence-electron chi connectivity index (χ4n) is 4.46. The van der Waals surface area contributed by atoms with Crippen molar-refractivity contribution in [2.45, 2.75) is 58.7 Å². The van der Waals surface area contributed by atoms with Gasteiger partial charge in [0.15, 0.2) is 5.15 Å². The topological polar surface area (TPSA) is 137 Å². The quantitative estimate of drug-likeness (QED) is 0.209. The molecule has 0 bridgehead atoms. The number of aromatic amines is 1.